The molecule has 0 aliphatic rings. The number of carbonyl (C=O) groups excluding carboxylic acids is 1. The molecule has 45 heavy (non-hydrogen) atoms. The minimum absolute atomic E-state index is 0.0187. The van der Waals surface area contributed by atoms with Gasteiger partial charge in [-0.05, 0) is 66.1 Å². The molecule has 1 amide bonds. The first-order valence-corrected chi connectivity index (χ1v) is 16.9. The summed E-state index contributed by atoms with van der Waals surface area (Å²) in [5, 5.41) is 12.5. The van der Waals surface area contributed by atoms with E-state index in [2.05, 4.69) is 17.4 Å². The van der Waals surface area contributed by atoms with Gasteiger partial charge in [-0.25, -0.2) is 4.79 Å². The molecule has 0 saturated heterocycles. The Kier molecular flexibility index (Phi) is 12.8. The third kappa shape index (κ3) is 10.6. The Morgan fingerprint density at radius 2 is 1.29 bits per heavy atom. The summed E-state index contributed by atoms with van der Waals surface area (Å²) in [4.78, 5) is 24.2. The molecule has 8 nitrogen and oxygen atoms in total. The first-order chi connectivity index (χ1) is 21.7. The van der Waals surface area contributed by atoms with E-state index in [-0.39, 0.29) is 19.4 Å². The second-order valence-corrected chi connectivity index (χ2v) is 13.7. The van der Waals surface area contributed by atoms with E-state index in [0.717, 1.165) is 29.5 Å². The average molecular weight is 632 g/mol. The zero-order valence-corrected chi connectivity index (χ0v) is 26.6. The normalized spacial score (nSPS) is 14.5. The topological polar surface area (TPSA) is 114 Å². The first-order valence-electron chi connectivity index (χ1n) is 15.1. The Morgan fingerprint density at radius 1 is 0.756 bits per heavy atom. The zero-order valence-electron chi connectivity index (χ0n) is 25.7. The second-order valence-electron chi connectivity index (χ2n) is 11.0. The molecule has 0 radical (unpaired) electrons. The molecule has 4 aromatic carbocycles. The maximum Gasteiger partial charge on any atom is 0.408 e. The number of rotatable bonds is 16. The van der Waals surface area contributed by atoms with Gasteiger partial charge in [0.25, 0.3) is 0 Å². The van der Waals surface area contributed by atoms with Crippen molar-refractivity contribution in [2.24, 2.45) is 0 Å². The van der Waals surface area contributed by atoms with Crippen LogP contribution in [0.4, 0.5) is 4.79 Å². The molecule has 0 aromatic heterocycles. The molecule has 0 aliphatic carbocycles. The number of alkyl carbamates (subject to hydrolysis) is 1. The van der Waals surface area contributed by atoms with Crippen molar-refractivity contribution in [3.8, 4) is 5.75 Å². The molecule has 3 N–H and O–H groups in total. The van der Waals surface area contributed by atoms with Crippen molar-refractivity contribution in [3.05, 3.63) is 137 Å². The molecule has 0 saturated carbocycles. The maximum absolute atomic E-state index is 13.9. The fourth-order valence-corrected chi connectivity index (χ4v) is 6.85. The third-order valence-corrected chi connectivity index (χ3v) is 10.5. The lowest BCUT2D eigenvalue weighted by Crippen LogP contribution is -2.36. The molecule has 0 heterocycles. The van der Waals surface area contributed by atoms with Gasteiger partial charge in [0.2, 0.25) is 7.37 Å². The van der Waals surface area contributed by atoms with Gasteiger partial charge in [0.15, 0.2) is 6.29 Å². The first kappa shape index (κ1) is 33.9. The smallest absolute Gasteiger partial charge is 0.408 e. The number of aryl methyl sites for hydroxylation is 2. The van der Waals surface area contributed by atoms with Gasteiger partial charge in [-0.2, -0.15) is 0 Å². The van der Waals surface area contributed by atoms with Crippen molar-refractivity contribution in [3.63, 3.8) is 0 Å². The summed E-state index contributed by atoms with van der Waals surface area (Å²) in [6, 6.07) is 34.9. The van der Waals surface area contributed by atoms with Crippen molar-refractivity contribution in [2.45, 2.75) is 63.6 Å². The van der Waals surface area contributed by atoms with E-state index in [1.54, 1.807) is 31.2 Å². The standard InChI is InChI=1S/C36H42NO7P/c1-27(32-19-15-29(16-20-32)14-13-28-9-5-3-6-10-28)45(40,41)34(23-24-35(38)42-2)37-36(39)44-26-31-17-21-33(22-18-31)43-25-30-11-7-4-8-12-30/h3-12,15-22,27,34-35,38H,13-14,23-26H2,1-2H3,(H,37,39)(H,40,41). The van der Waals surface area contributed by atoms with Crippen molar-refractivity contribution >= 4 is 13.5 Å². The van der Waals surface area contributed by atoms with Crippen LogP contribution in [0.15, 0.2) is 109 Å². The van der Waals surface area contributed by atoms with Gasteiger partial charge >= 0.3 is 6.09 Å². The monoisotopic (exact) mass is 631 g/mol. The van der Waals surface area contributed by atoms with E-state index >= 15 is 0 Å². The highest BCUT2D eigenvalue weighted by molar-refractivity contribution is 7.59. The summed E-state index contributed by atoms with van der Waals surface area (Å²) >= 11 is 0. The molecule has 0 bridgehead atoms. The lowest BCUT2D eigenvalue weighted by Gasteiger charge is -2.29. The predicted molar refractivity (Wildman–Crippen MR) is 175 cm³/mol. The van der Waals surface area contributed by atoms with Crippen LogP contribution in [0.25, 0.3) is 0 Å². The van der Waals surface area contributed by atoms with E-state index in [1.807, 2.05) is 72.8 Å². The highest BCUT2D eigenvalue weighted by Gasteiger charge is 2.39. The number of carbonyl (C=O) groups is 1. The van der Waals surface area contributed by atoms with E-state index in [9.17, 15) is 19.4 Å². The van der Waals surface area contributed by atoms with Crippen LogP contribution in [0.2, 0.25) is 0 Å². The van der Waals surface area contributed by atoms with Crippen LogP contribution in [0.1, 0.15) is 53.2 Å². The number of amides is 1. The summed E-state index contributed by atoms with van der Waals surface area (Å²) < 4.78 is 30.0. The van der Waals surface area contributed by atoms with Crippen molar-refractivity contribution in [1.29, 1.82) is 0 Å². The minimum atomic E-state index is -4.05. The van der Waals surface area contributed by atoms with Crippen LogP contribution >= 0.6 is 7.37 Å². The quantitative estimate of drug-likeness (QED) is 0.0873. The molecule has 4 unspecified atom stereocenters. The van der Waals surface area contributed by atoms with E-state index in [0.29, 0.717) is 17.9 Å². The molecule has 9 heteroatoms. The van der Waals surface area contributed by atoms with Crippen LogP contribution in [-0.2, 0) is 40.1 Å². The number of hydrogen-bond acceptors (Lipinski definition) is 6. The molecule has 0 aliphatic heterocycles. The number of benzene rings is 4. The molecule has 0 fully saturated rings. The van der Waals surface area contributed by atoms with Crippen LogP contribution in [0.5, 0.6) is 5.75 Å². The predicted octanol–water partition coefficient (Wildman–Crippen LogP) is 7.38. The van der Waals surface area contributed by atoms with E-state index < -0.39 is 31.2 Å². The van der Waals surface area contributed by atoms with Gasteiger partial charge in [0.05, 0.1) is 5.66 Å². The van der Waals surface area contributed by atoms with Gasteiger partial charge < -0.3 is 29.5 Å². The van der Waals surface area contributed by atoms with Gasteiger partial charge in [-0.15, -0.1) is 0 Å². The molecule has 0 spiro atoms. The highest BCUT2D eigenvalue weighted by atomic mass is 31.2. The second kappa shape index (κ2) is 16.9. The third-order valence-electron chi connectivity index (χ3n) is 7.79. The zero-order chi connectivity index (χ0) is 32.1. The molecular formula is C36H42NO7P. The molecule has 4 aromatic rings. The number of methoxy groups -OCH3 is 1. The van der Waals surface area contributed by atoms with Crippen molar-refractivity contribution < 1.29 is 33.6 Å². The Hall–Kier alpha value is -3.94. The number of ether oxygens (including phenoxy) is 3. The van der Waals surface area contributed by atoms with E-state index in [1.165, 1.54) is 12.7 Å². The van der Waals surface area contributed by atoms with Gasteiger partial charge in [0, 0.05) is 13.5 Å². The fourth-order valence-electron chi connectivity index (χ4n) is 4.90. The molecular weight excluding hydrogens is 589 g/mol. The van der Waals surface area contributed by atoms with Gasteiger partial charge in [-0.3, -0.25) is 4.57 Å². The van der Waals surface area contributed by atoms with Crippen molar-refractivity contribution in [2.75, 3.05) is 7.11 Å². The largest absolute Gasteiger partial charge is 0.489 e. The Bertz CT molecular complexity index is 1500. The Morgan fingerprint density at radius 3 is 1.89 bits per heavy atom. The number of aliphatic hydroxyl groups is 1. The summed E-state index contributed by atoms with van der Waals surface area (Å²) in [7, 11) is -2.70. The Labute approximate surface area is 265 Å². The SMILES string of the molecule is COC(O)CCC(NC(=O)OCc1ccc(OCc2ccccc2)cc1)P(=O)(O)C(C)c1ccc(CCc2ccccc2)cc1. The highest BCUT2D eigenvalue weighted by Crippen LogP contribution is 2.59. The van der Waals surface area contributed by atoms with Gasteiger partial charge in [0.1, 0.15) is 24.7 Å². The Balaban J connectivity index is 1.34. The van der Waals surface area contributed by atoms with E-state index in [4.69, 9.17) is 14.2 Å². The fraction of sp³-hybridized carbons (Fsp3) is 0.306. The van der Waals surface area contributed by atoms with Crippen LogP contribution in [0.3, 0.4) is 0 Å². The van der Waals surface area contributed by atoms with Crippen LogP contribution in [0, 0.1) is 0 Å². The maximum atomic E-state index is 13.9. The lowest BCUT2D eigenvalue weighted by molar-refractivity contribution is -0.0794. The van der Waals surface area contributed by atoms with Crippen LogP contribution in [-0.4, -0.2) is 35.3 Å². The van der Waals surface area contributed by atoms with Gasteiger partial charge in [-0.1, -0.05) is 97.1 Å². The summed E-state index contributed by atoms with van der Waals surface area (Å²) in [5.74, 6) is -0.473. The summed E-state index contributed by atoms with van der Waals surface area (Å²) in [6.45, 7) is 2.08. The lowest BCUT2D eigenvalue weighted by atomic mass is 10.0. The number of hydrogen-bond donors (Lipinski definition) is 3. The average Bonchev–Trinajstić information content (AvgIpc) is 3.08. The number of aliphatic hydroxyl groups excluding tert-OH is 1. The summed E-state index contributed by atoms with van der Waals surface area (Å²) in [6.07, 6.45) is -0.131. The van der Waals surface area contributed by atoms with Crippen molar-refractivity contribution in [1.82, 2.24) is 5.32 Å². The molecule has 238 valence electrons. The molecule has 4 rings (SSSR count). The van der Waals surface area contributed by atoms with Crippen LogP contribution < -0.4 is 10.1 Å². The minimum Gasteiger partial charge on any atom is -0.489 e. The summed E-state index contributed by atoms with van der Waals surface area (Å²) in [5.41, 5.74) is 4.08. The molecule has 4 atom stereocenters. The number of nitrogens with one attached hydrogen (secondary N) is 1.